The maximum atomic E-state index is 13.1. The summed E-state index contributed by atoms with van der Waals surface area (Å²) in [6, 6.07) is 4.08. The number of aromatic nitrogens is 1. The number of fused-ring (bicyclic) bond motifs is 6. The minimum atomic E-state index is -1.14. The number of carboxylic acids is 1. The molecule has 0 bridgehead atoms. The van der Waals surface area contributed by atoms with E-state index in [4.69, 9.17) is 4.98 Å². The minimum Gasteiger partial charge on any atom is -0.478 e. The number of rotatable bonds is 1. The van der Waals surface area contributed by atoms with Crippen LogP contribution in [0.5, 0.6) is 0 Å². The number of hydrogen-bond donors (Lipinski definition) is 3. The van der Waals surface area contributed by atoms with Gasteiger partial charge in [-0.25, -0.2) is 4.79 Å². The van der Waals surface area contributed by atoms with E-state index in [0.29, 0.717) is 16.1 Å². The highest BCUT2D eigenvalue weighted by molar-refractivity contribution is 7.23. The van der Waals surface area contributed by atoms with Crippen LogP contribution in [0.25, 0.3) is 10.2 Å². The summed E-state index contributed by atoms with van der Waals surface area (Å²) in [5.74, 6) is -1.96. The van der Waals surface area contributed by atoms with Crippen LogP contribution in [-0.4, -0.2) is 27.9 Å². The van der Waals surface area contributed by atoms with Gasteiger partial charge in [0.15, 0.2) is 0 Å². The molecule has 0 radical (unpaired) electrons. The highest BCUT2D eigenvalue weighted by atomic mass is 32.1. The van der Waals surface area contributed by atoms with Crippen molar-refractivity contribution in [2.24, 2.45) is 0 Å². The lowest BCUT2D eigenvalue weighted by molar-refractivity contribution is 0.0696. The number of aryl methyl sites for hydroxylation is 2. The van der Waals surface area contributed by atoms with Gasteiger partial charge in [-0.2, -0.15) is 0 Å². The number of carbonyl (C=O) groups is 3. The number of anilines is 2. The molecule has 0 atom stereocenters. The predicted octanol–water partition coefficient (Wildman–Crippen LogP) is 4.00. The Balaban J connectivity index is 1.70. The van der Waals surface area contributed by atoms with Gasteiger partial charge in [0.2, 0.25) is 0 Å². The number of pyridine rings is 1. The minimum absolute atomic E-state index is 0.0170. The van der Waals surface area contributed by atoms with E-state index in [-0.39, 0.29) is 22.7 Å². The summed E-state index contributed by atoms with van der Waals surface area (Å²) in [7, 11) is 0. The number of aromatic carboxylic acids is 1. The molecule has 0 saturated heterocycles. The molecule has 3 heterocycles. The van der Waals surface area contributed by atoms with E-state index in [9.17, 15) is 19.5 Å². The monoisotopic (exact) mass is 407 g/mol. The third kappa shape index (κ3) is 2.71. The lowest BCUT2D eigenvalue weighted by Gasteiger charge is -2.18. The summed E-state index contributed by atoms with van der Waals surface area (Å²) < 4.78 is 0.947. The normalized spacial score (nSPS) is 15.5. The molecule has 3 aromatic rings. The fourth-order valence-electron chi connectivity index (χ4n) is 4.15. The molecular formula is C21H17N3O4S. The van der Waals surface area contributed by atoms with Crippen molar-refractivity contribution in [3.05, 3.63) is 51.7 Å². The van der Waals surface area contributed by atoms with Crippen molar-refractivity contribution in [1.82, 2.24) is 4.98 Å². The lowest BCUT2D eigenvalue weighted by atomic mass is 9.90. The average Bonchev–Trinajstić information content (AvgIpc) is 3.05. The van der Waals surface area contributed by atoms with Gasteiger partial charge in [0, 0.05) is 5.69 Å². The highest BCUT2D eigenvalue weighted by Crippen LogP contribution is 2.42. The standard InChI is InChI=1S/C21H17N3O4S/c1-9-11-4-2-3-5-12(11)17-16(22-9)15-19(26)23-14-7-6-10(21(27)28)8-13(14)18(25)24-20(15)29-17/h6-8H,2-5H2,1H3,(H,23,26)(H,24,25)(H,27,28). The highest BCUT2D eigenvalue weighted by Gasteiger charge is 2.30. The van der Waals surface area contributed by atoms with E-state index < -0.39 is 11.9 Å². The van der Waals surface area contributed by atoms with Crippen LogP contribution in [-0.2, 0) is 12.8 Å². The molecule has 0 unspecified atom stereocenters. The molecule has 8 heteroatoms. The van der Waals surface area contributed by atoms with E-state index in [1.54, 1.807) is 0 Å². The molecule has 0 fully saturated rings. The first-order valence-electron chi connectivity index (χ1n) is 9.39. The molecule has 0 saturated carbocycles. The quantitative estimate of drug-likeness (QED) is 0.565. The molecule has 1 aliphatic carbocycles. The van der Waals surface area contributed by atoms with Crippen LogP contribution in [0.4, 0.5) is 10.7 Å². The topological polar surface area (TPSA) is 108 Å². The summed E-state index contributed by atoms with van der Waals surface area (Å²) in [6.45, 7) is 1.97. The number of benzene rings is 1. The Morgan fingerprint density at radius 1 is 1.10 bits per heavy atom. The maximum Gasteiger partial charge on any atom is 0.335 e. The Morgan fingerprint density at radius 3 is 2.62 bits per heavy atom. The van der Waals surface area contributed by atoms with E-state index in [0.717, 1.165) is 36.1 Å². The smallest absolute Gasteiger partial charge is 0.335 e. The Labute approximate surface area is 169 Å². The van der Waals surface area contributed by atoms with Crippen molar-refractivity contribution < 1.29 is 19.5 Å². The molecule has 5 rings (SSSR count). The molecular weight excluding hydrogens is 390 g/mol. The Morgan fingerprint density at radius 2 is 1.86 bits per heavy atom. The summed E-state index contributed by atoms with van der Waals surface area (Å²) in [5, 5.41) is 15.2. The number of nitrogens with one attached hydrogen (secondary N) is 2. The van der Waals surface area contributed by atoms with Crippen molar-refractivity contribution in [3.8, 4) is 0 Å². The molecule has 7 nitrogen and oxygen atoms in total. The van der Waals surface area contributed by atoms with Gasteiger partial charge in [0.25, 0.3) is 11.8 Å². The predicted molar refractivity (Wildman–Crippen MR) is 110 cm³/mol. The first-order valence-corrected chi connectivity index (χ1v) is 10.2. The Bertz CT molecular complexity index is 1240. The van der Waals surface area contributed by atoms with Crippen LogP contribution in [0.1, 0.15) is 60.7 Å². The fraction of sp³-hybridized carbons (Fsp3) is 0.238. The number of carboxylic acid groups (broad SMARTS) is 1. The average molecular weight is 407 g/mol. The zero-order valence-electron chi connectivity index (χ0n) is 15.6. The molecule has 2 aromatic heterocycles. The van der Waals surface area contributed by atoms with Gasteiger partial charge in [0.05, 0.1) is 27.0 Å². The van der Waals surface area contributed by atoms with Gasteiger partial charge in [0.1, 0.15) is 10.6 Å². The van der Waals surface area contributed by atoms with E-state index in [2.05, 4.69) is 10.6 Å². The largest absolute Gasteiger partial charge is 0.478 e. The zero-order valence-corrected chi connectivity index (χ0v) is 16.4. The molecule has 1 aromatic carbocycles. The second-order valence-corrected chi connectivity index (χ2v) is 8.34. The van der Waals surface area contributed by atoms with Gasteiger partial charge >= 0.3 is 5.97 Å². The van der Waals surface area contributed by atoms with Gasteiger partial charge in [-0.05, 0) is 61.9 Å². The second kappa shape index (κ2) is 6.38. The Kier molecular flexibility index (Phi) is 3.92. The number of thiophene rings is 1. The van der Waals surface area contributed by atoms with Crippen LogP contribution in [0.3, 0.4) is 0 Å². The van der Waals surface area contributed by atoms with Gasteiger partial charge < -0.3 is 15.7 Å². The van der Waals surface area contributed by atoms with Crippen molar-refractivity contribution in [2.75, 3.05) is 10.6 Å². The third-order valence-corrected chi connectivity index (χ3v) is 6.71. The number of amides is 2. The number of carbonyl (C=O) groups excluding carboxylic acids is 2. The molecule has 146 valence electrons. The van der Waals surface area contributed by atoms with E-state index >= 15 is 0 Å². The fourth-order valence-corrected chi connectivity index (χ4v) is 5.38. The van der Waals surface area contributed by atoms with Gasteiger partial charge in [-0.15, -0.1) is 11.3 Å². The molecule has 2 aliphatic rings. The van der Waals surface area contributed by atoms with E-state index in [1.807, 2.05) is 6.92 Å². The third-order valence-electron chi connectivity index (χ3n) is 5.55. The van der Waals surface area contributed by atoms with Gasteiger partial charge in [-0.1, -0.05) is 0 Å². The van der Waals surface area contributed by atoms with Crippen molar-refractivity contribution in [3.63, 3.8) is 0 Å². The van der Waals surface area contributed by atoms with Crippen LogP contribution >= 0.6 is 11.3 Å². The number of nitrogens with zero attached hydrogens (tertiary/aromatic N) is 1. The van der Waals surface area contributed by atoms with E-state index in [1.165, 1.54) is 40.7 Å². The molecule has 1 aliphatic heterocycles. The van der Waals surface area contributed by atoms with Gasteiger partial charge in [-0.3, -0.25) is 14.6 Å². The summed E-state index contributed by atoms with van der Waals surface area (Å²) in [4.78, 5) is 41.9. The summed E-state index contributed by atoms with van der Waals surface area (Å²) in [5.41, 5.74) is 4.76. The molecule has 2 amide bonds. The Hall–Kier alpha value is -3.26. The molecule has 0 spiro atoms. The lowest BCUT2D eigenvalue weighted by Crippen LogP contribution is -2.23. The SMILES string of the molecule is Cc1nc2c3c(sc2c2c1CCCC2)NC(=O)c1cc(C(=O)O)ccc1NC3=O. The maximum absolute atomic E-state index is 13.1. The van der Waals surface area contributed by atoms with Crippen LogP contribution in [0.15, 0.2) is 18.2 Å². The van der Waals surface area contributed by atoms with Crippen molar-refractivity contribution >= 4 is 50.0 Å². The first kappa shape index (κ1) is 17.8. The second-order valence-electron chi connectivity index (χ2n) is 7.32. The van der Waals surface area contributed by atoms with Crippen LogP contribution in [0, 0.1) is 6.92 Å². The number of hydrogen-bond acceptors (Lipinski definition) is 5. The summed E-state index contributed by atoms with van der Waals surface area (Å²) >= 11 is 1.37. The van der Waals surface area contributed by atoms with Crippen molar-refractivity contribution in [2.45, 2.75) is 32.6 Å². The first-order chi connectivity index (χ1) is 13.9. The van der Waals surface area contributed by atoms with Crippen LogP contribution in [0.2, 0.25) is 0 Å². The van der Waals surface area contributed by atoms with Crippen LogP contribution < -0.4 is 10.6 Å². The summed E-state index contributed by atoms with van der Waals surface area (Å²) in [6.07, 6.45) is 4.14. The van der Waals surface area contributed by atoms with Crippen molar-refractivity contribution in [1.29, 1.82) is 0 Å². The zero-order chi connectivity index (χ0) is 20.3. The molecule has 3 N–H and O–H groups in total. The molecule has 29 heavy (non-hydrogen) atoms.